The highest BCUT2D eigenvalue weighted by atomic mass is 16.5. The third-order valence-electron chi connectivity index (χ3n) is 6.74. The SMILES string of the molecule is CC=c1ccc(OCC2NN(C3=CN(CC)N4CC34)C=CC2O)cc1=CC(=CN)OC1CCOC1. The zero-order valence-electron chi connectivity index (χ0n) is 20.3. The Labute approximate surface area is 206 Å². The second kappa shape index (κ2) is 10.3. The molecule has 0 spiro atoms. The zero-order chi connectivity index (χ0) is 24.4. The van der Waals surface area contributed by atoms with Gasteiger partial charge in [-0.1, -0.05) is 12.1 Å². The maximum absolute atomic E-state index is 10.5. The van der Waals surface area contributed by atoms with Gasteiger partial charge in [0.25, 0.3) is 0 Å². The average Bonchev–Trinajstić information content (AvgIpc) is 3.32. The molecular weight excluding hydrogens is 446 g/mol. The van der Waals surface area contributed by atoms with E-state index >= 15 is 0 Å². The van der Waals surface area contributed by atoms with E-state index in [2.05, 4.69) is 28.6 Å². The highest BCUT2D eigenvalue weighted by Crippen LogP contribution is 2.36. The average molecular weight is 482 g/mol. The van der Waals surface area contributed by atoms with Gasteiger partial charge in [-0.25, -0.2) is 10.4 Å². The number of rotatable bonds is 8. The lowest BCUT2D eigenvalue weighted by molar-refractivity contribution is 0.0809. The minimum absolute atomic E-state index is 0.0199. The van der Waals surface area contributed by atoms with Gasteiger partial charge in [0.2, 0.25) is 0 Å². The summed E-state index contributed by atoms with van der Waals surface area (Å²) in [7, 11) is 0. The molecule has 0 radical (unpaired) electrons. The van der Waals surface area contributed by atoms with Crippen molar-refractivity contribution < 1.29 is 19.3 Å². The van der Waals surface area contributed by atoms with Crippen molar-refractivity contribution in [2.24, 2.45) is 5.73 Å². The minimum atomic E-state index is -0.645. The van der Waals surface area contributed by atoms with Gasteiger partial charge in [-0.2, -0.15) is 0 Å². The number of ether oxygens (including phenoxy) is 3. The number of hydrogen-bond donors (Lipinski definition) is 3. The summed E-state index contributed by atoms with van der Waals surface area (Å²) in [5.74, 6) is 1.31. The molecule has 188 valence electrons. The summed E-state index contributed by atoms with van der Waals surface area (Å²) in [5, 5.41) is 19.1. The van der Waals surface area contributed by atoms with E-state index in [0.29, 0.717) is 37.4 Å². The number of benzene rings is 1. The van der Waals surface area contributed by atoms with E-state index in [9.17, 15) is 5.11 Å². The number of nitrogens with one attached hydrogen (secondary N) is 1. The number of aliphatic hydroxyl groups is 1. The monoisotopic (exact) mass is 481 g/mol. The van der Waals surface area contributed by atoms with Crippen molar-refractivity contribution in [1.29, 1.82) is 0 Å². The Balaban J connectivity index is 1.27. The molecular formula is C26H35N5O4. The van der Waals surface area contributed by atoms with Crippen LogP contribution in [0.1, 0.15) is 20.3 Å². The summed E-state index contributed by atoms with van der Waals surface area (Å²) in [5.41, 5.74) is 10.4. The number of hydrogen-bond acceptors (Lipinski definition) is 9. The number of nitrogens with two attached hydrogens (primary N) is 1. The third kappa shape index (κ3) is 5.18. The number of fused-ring (bicyclic) bond motifs is 1. The van der Waals surface area contributed by atoms with Gasteiger partial charge in [0.15, 0.2) is 0 Å². The standard InChI is InChI=1S/C26H35N5O4/c1-3-18-5-6-20(11-19(18)12-22(13-27)35-21-8-10-33-16-21)34-17-23-26(32)7-9-30(28-23)24-14-29(4-2)31-15-25(24)31/h3,5-7,9,11-14,21,23,25-26,28,32H,4,8,10,15-17,27H2,1-2H3. The van der Waals surface area contributed by atoms with Gasteiger partial charge in [0.05, 0.1) is 37.1 Å². The third-order valence-corrected chi connectivity index (χ3v) is 6.74. The van der Waals surface area contributed by atoms with Crippen LogP contribution in [0.2, 0.25) is 0 Å². The molecule has 2 fully saturated rings. The highest BCUT2D eigenvalue weighted by molar-refractivity contribution is 5.46. The Morgan fingerprint density at radius 1 is 1.34 bits per heavy atom. The lowest BCUT2D eigenvalue weighted by atomic mass is 10.1. The molecule has 9 nitrogen and oxygen atoms in total. The second-order valence-corrected chi connectivity index (χ2v) is 9.09. The molecule has 35 heavy (non-hydrogen) atoms. The van der Waals surface area contributed by atoms with E-state index in [-0.39, 0.29) is 12.1 Å². The number of allylic oxidation sites excluding steroid dienone is 1. The lowest BCUT2D eigenvalue weighted by Crippen LogP contribution is -2.53. The predicted molar refractivity (Wildman–Crippen MR) is 133 cm³/mol. The van der Waals surface area contributed by atoms with Gasteiger partial charge in [0, 0.05) is 38.1 Å². The Bertz CT molecular complexity index is 1130. The van der Waals surface area contributed by atoms with Crippen LogP contribution in [0.25, 0.3) is 12.2 Å². The minimum Gasteiger partial charge on any atom is -0.492 e. The van der Waals surface area contributed by atoms with E-state index < -0.39 is 6.10 Å². The quantitative estimate of drug-likeness (QED) is 0.353. The fourth-order valence-corrected chi connectivity index (χ4v) is 4.66. The van der Waals surface area contributed by atoms with Gasteiger partial charge >= 0.3 is 0 Å². The fraction of sp³-hybridized carbons (Fsp3) is 0.462. The summed E-state index contributed by atoms with van der Waals surface area (Å²) >= 11 is 0. The van der Waals surface area contributed by atoms with Crippen LogP contribution in [0.3, 0.4) is 0 Å². The van der Waals surface area contributed by atoms with Crippen LogP contribution in [0, 0.1) is 0 Å². The number of hydrazine groups is 2. The lowest BCUT2D eigenvalue weighted by Gasteiger charge is -2.34. The molecule has 4 aliphatic heterocycles. The van der Waals surface area contributed by atoms with Crippen molar-refractivity contribution in [2.45, 2.75) is 44.6 Å². The molecule has 5 atom stereocenters. The summed E-state index contributed by atoms with van der Waals surface area (Å²) in [6.45, 7) is 7.71. The first-order chi connectivity index (χ1) is 17.1. The van der Waals surface area contributed by atoms with Gasteiger partial charge in [-0.3, -0.25) is 5.01 Å². The van der Waals surface area contributed by atoms with E-state index in [1.54, 1.807) is 0 Å². The van der Waals surface area contributed by atoms with Crippen LogP contribution in [0.4, 0.5) is 0 Å². The van der Waals surface area contributed by atoms with Crippen molar-refractivity contribution in [1.82, 2.24) is 20.5 Å². The molecule has 0 aromatic heterocycles. The van der Waals surface area contributed by atoms with Crippen LogP contribution in [-0.4, -0.2) is 77.3 Å². The molecule has 1 aromatic carbocycles. The zero-order valence-corrected chi connectivity index (χ0v) is 20.3. The molecule has 4 aliphatic rings. The van der Waals surface area contributed by atoms with E-state index in [1.165, 1.54) is 11.9 Å². The Morgan fingerprint density at radius 2 is 2.23 bits per heavy atom. The molecule has 2 saturated heterocycles. The first kappa shape index (κ1) is 23.7. The summed E-state index contributed by atoms with van der Waals surface area (Å²) in [6, 6.07) is 6.04. The molecule has 0 aliphatic carbocycles. The Hall–Kier alpha value is -2.98. The predicted octanol–water partition coefficient (Wildman–Crippen LogP) is 0.0914. The van der Waals surface area contributed by atoms with Gasteiger partial charge < -0.3 is 30.1 Å². The van der Waals surface area contributed by atoms with Gasteiger partial charge in [-0.05, 0) is 48.6 Å². The van der Waals surface area contributed by atoms with Crippen molar-refractivity contribution in [3.63, 3.8) is 0 Å². The molecule has 0 amide bonds. The Morgan fingerprint density at radius 3 is 2.94 bits per heavy atom. The largest absolute Gasteiger partial charge is 0.492 e. The van der Waals surface area contributed by atoms with Gasteiger partial charge in [0.1, 0.15) is 24.2 Å². The number of aliphatic hydroxyl groups excluding tert-OH is 1. The van der Waals surface area contributed by atoms with E-state index in [1.807, 2.05) is 54.6 Å². The van der Waals surface area contributed by atoms with Crippen molar-refractivity contribution in [3.05, 3.63) is 64.8 Å². The molecule has 4 N–H and O–H groups in total. The molecule has 4 heterocycles. The second-order valence-electron chi connectivity index (χ2n) is 9.09. The van der Waals surface area contributed by atoms with Crippen molar-refractivity contribution >= 4 is 12.2 Å². The topological polar surface area (TPSA) is 95.5 Å². The maximum Gasteiger partial charge on any atom is 0.135 e. The van der Waals surface area contributed by atoms with Crippen LogP contribution in [0.5, 0.6) is 5.75 Å². The summed E-state index contributed by atoms with van der Waals surface area (Å²) in [6.07, 6.45) is 11.5. The van der Waals surface area contributed by atoms with Crippen LogP contribution < -0.4 is 26.3 Å². The fourth-order valence-electron chi connectivity index (χ4n) is 4.66. The first-order valence-electron chi connectivity index (χ1n) is 12.3. The molecule has 1 aromatic rings. The van der Waals surface area contributed by atoms with Gasteiger partial charge in [-0.15, -0.1) is 0 Å². The van der Waals surface area contributed by atoms with Crippen LogP contribution >= 0.6 is 0 Å². The van der Waals surface area contributed by atoms with E-state index in [0.717, 1.165) is 29.9 Å². The summed E-state index contributed by atoms with van der Waals surface area (Å²) in [4.78, 5) is 0. The normalized spacial score (nSPS) is 31.1. The maximum atomic E-state index is 10.5. The molecule has 0 bridgehead atoms. The van der Waals surface area contributed by atoms with Crippen molar-refractivity contribution in [3.8, 4) is 5.75 Å². The molecule has 5 rings (SSSR count). The number of nitrogens with zero attached hydrogens (tertiary/aromatic N) is 3. The van der Waals surface area contributed by atoms with Crippen LogP contribution in [0.15, 0.2) is 54.3 Å². The molecule has 9 heteroatoms. The van der Waals surface area contributed by atoms with E-state index in [4.69, 9.17) is 19.9 Å². The highest BCUT2D eigenvalue weighted by Gasteiger charge is 2.48. The first-order valence-corrected chi connectivity index (χ1v) is 12.3. The smallest absolute Gasteiger partial charge is 0.135 e. The summed E-state index contributed by atoms with van der Waals surface area (Å²) < 4.78 is 17.5. The molecule has 0 saturated carbocycles. The Kier molecular flexibility index (Phi) is 7.01. The molecule has 5 unspecified atom stereocenters. The van der Waals surface area contributed by atoms with Crippen LogP contribution in [-0.2, 0) is 9.47 Å². The van der Waals surface area contributed by atoms with Crippen molar-refractivity contribution in [2.75, 3.05) is 32.9 Å².